The van der Waals surface area contributed by atoms with Gasteiger partial charge in [0.25, 0.3) is 0 Å². The van der Waals surface area contributed by atoms with Crippen LogP contribution in [-0.4, -0.2) is 18.8 Å². The Morgan fingerprint density at radius 2 is 1.81 bits per heavy atom. The summed E-state index contributed by atoms with van der Waals surface area (Å²) in [5.74, 6) is -0.275. The molecule has 0 unspecified atom stereocenters. The van der Waals surface area contributed by atoms with E-state index >= 15 is 0 Å². The molecule has 0 amide bonds. The lowest BCUT2D eigenvalue weighted by atomic mass is 9.85. The Morgan fingerprint density at radius 1 is 1.14 bits per heavy atom. The van der Waals surface area contributed by atoms with E-state index in [0.717, 1.165) is 11.3 Å². The molecule has 0 atom stereocenters. The van der Waals surface area contributed by atoms with Crippen molar-refractivity contribution >= 4 is 0 Å². The number of hydrogen-bond donors (Lipinski definition) is 1. The molecular weight excluding hydrogens is 279 g/mol. The lowest BCUT2D eigenvalue weighted by Gasteiger charge is -2.30. The van der Waals surface area contributed by atoms with Gasteiger partial charge in [-0.15, -0.1) is 0 Å². The van der Waals surface area contributed by atoms with Gasteiger partial charge in [-0.2, -0.15) is 13.2 Å². The maximum atomic E-state index is 12.6. The molecule has 0 saturated heterocycles. The Kier molecular flexibility index (Phi) is 5.51. The molecule has 0 spiro atoms. The number of rotatable bonds is 5. The number of ether oxygens (including phenoxy) is 1. The average molecular weight is 301 g/mol. The van der Waals surface area contributed by atoms with Crippen LogP contribution in [0.15, 0.2) is 24.3 Å². The highest BCUT2D eigenvalue weighted by Crippen LogP contribution is 2.37. The highest BCUT2D eigenvalue weighted by atomic mass is 19.4. The van der Waals surface area contributed by atoms with Crippen molar-refractivity contribution in [2.45, 2.75) is 51.4 Å². The fourth-order valence-corrected chi connectivity index (χ4v) is 2.83. The first kappa shape index (κ1) is 16.1. The molecule has 1 N–H and O–H groups in total. The summed E-state index contributed by atoms with van der Waals surface area (Å²) < 4.78 is 43.4. The smallest absolute Gasteiger partial charge is 0.391 e. The minimum Gasteiger partial charge on any atom is -0.494 e. The van der Waals surface area contributed by atoms with Gasteiger partial charge in [0.15, 0.2) is 0 Å². The van der Waals surface area contributed by atoms with Crippen LogP contribution in [0.2, 0.25) is 0 Å². The average Bonchev–Trinajstić information content (AvgIpc) is 2.46. The first-order valence-corrected chi connectivity index (χ1v) is 7.51. The molecule has 118 valence electrons. The highest BCUT2D eigenvalue weighted by molar-refractivity contribution is 5.33. The summed E-state index contributed by atoms with van der Waals surface area (Å²) >= 11 is 0. The molecule has 1 saturated carbocycles. The minimum atomic E-state index is -4.04. The Morgan fingerprint density at radius 3 is 2.43 bits per heavy atom. The molecule has 0 heterocycles. The lowest BCUT2D eigenvalue weighted by molar-refractivity contribution is -0.182. The van der Waals surface area contributed by atoms with Gasteiger partial charge in [0.2, 0.25) is 0 Å². The van der Waals surface area contributed by atoms with E-state index in [4.69, 9.17) is 4.74 Å². The summed E-state index contributed by atoms with van der Waals surface area (Å²) in [5.41, 5.74) is 1.05. The number of benzene rings is 1. The fraction of sp³-hybridized carbons (Fsp3) is 0.625. The van der Waals surface area contributed by atoms with Crippen molar-refractivity contribution in [2.75, 3.05) is 6.61 Å². The zero-order chi connectivity index (χ0) is 15.3. The summed E-state index contributed by atoms with van der Waals surface area (Å²) in [6.07, 6.45) is -2.41. The van der Waals surface area contributed by atoms with E-state index in [1.54, 1.807) is 0 Å². The topological polar surface area (TPSA) is 21.3 Å². The van der Waals surface area contributed by atoms with E-state index in [1.165, 1.54) is 0 Å². The van der Waals surface area contributed by atoms with E-state index in [-0.39, 0.29) is 18.9 Å². The Balaban J connectivity index is 1.82. The van der Waals surface area contributed by atoms with E-state index < -0.39 is 12.1 Å². The van der Waals surface area contributed by atoms with Crippen molar-refractivity contribution in [3.8, 4) is 5.75 Å². The van der Waals surface area contributed by atoms with Crippen LogP contribution >= 0.6 is 0 Å². The van der Waals surface area contributed by atoms with Crippen molar-refractivity contribution < 1.29 is 17.9 Å². The van der Waals surface area contributed by atoms with Crippen LogP contribution in [0.1, 0.15) is 38.2 Å². The number of hydrogen-bond acceptors (Lipinski definition) is 2. The van der Waals surface area contributed by atoms with Crippen molar-refractivity contribution in [1.82, 2.24) is 5.32 Å². The van der Waals surface area contributed by atoms with Gasteiger partial charge in [0.1, 0.15) is 5.75 Å². The molecule has 1 fully saturated rings. The van der Waals surface area contributed by atoms with E-state index in [9.17, 15) is 13.2 Å². The van der Waals surface area contributed by atoms with Crippen LogP contribution in [0.25, 0.3) is 0 Å². The number of halogens is 3. The van der Waals surface area contributed by atoms with Gasteiger partial charge in [-0.05, 0) is 38.7 Å². The number of nitrogens with one attached hydrogen (secondary N) is 1. The van der Waals surface area contributed by atoms with Crippen LogP contribution in [0.3, 0.4) is 0 Å². The third-order valence-corrected chi connectivity index (χ3v) is 4.04. The lowest BCUT2D eigenvalue weighted by Crippen LogP contribution is -2.36. The van der Waals surface area contributed by atoms with E-state index in [2.05, 4.69) is 5.32 Å². The van der Waals surface area contributed by atoms with Crippen molar-refractivity contribution in [1.29, 1.82) is 0 Å². The Bertz CT molecular complexity index is 439. The summed E-state index contributed by atoms with van der Waals surface area (Å²) in [6.45, 7) is 3.17. The maximum Gasteiger partial charge on any atom is 0.391 e. The van der Waals surface area contributed by atoms with Crippen LogP contribution in [0, 0.1) is 5.92 Å². The SMILES string of the molecule is CCOc1ccccc1CNC1CCC(C(F)(F)F)CC1. The molecule has 0 aliphatic heterocycles. The summed E-state index contributed by atoms with van der Waals surface area (Å²) in [4.78, 5) is 0. The number of para-hydroxylation sites is 1. The summed E-state index contributed by atoms with van der Waals surface area (Å²) in [7, 11) is 0. The molecule has 1 aromatic carbocycles. The fourth-order valence-electron chi connectivity index (χ4n) is 2.83. The summed E-state index contributed by atoms with van der Waals surface area (Å²) in [5, 5.41) is 3.36. The van der Waals surface area contributed by atoms with Gasteiger partial charge in [0.05, 0.1) is 12.5 Å². The second-order valence-electron chi connectivity index (χ2n) is 5.51. The quantitative estimate of drug-likeness (QED) is 0.875. The summed E-state index contributed by atoms with van der Waals surface area (Å²) in [6, 6.07) is 7.93. The molecule has 1 aliphatic rings. The normalized spacial score (nSPS) is 23.0. The minimum absolute atomic E-state index is 0.165. The third kappa shape index (κ3) is 4.63. The first-order chi connectivity index (χ1) is 10.0. The Labute approximate surface area is 123 Å². The van der Waals surface area contributed by atoms with Gasteiger partial charge >= 0.3 is 6.18 Å². The second kappa shape index (κ2) is 7.16. The van der Waals surface area contributed by atoms with Crippen molar-refractivity contribution in [3.05, 3.63) is 29.8 Å². The van der Waals surface area contributed by atoms with Crippen LogP contribution in [0.5, 0.6) is 5.75 Å². The second-order valence-corrected chi connectivity index (χ2v) is 5.51. The monoisotopic (exact) mass is 301 g/mol. The molecule has 0 radical (unpaired) electrons. The predicted octanol–water partition coefficient (Wildman–Crippen LogP) is 4.30. The standard InChI is InChI=1S/C16H22F3NO/c1-2-21-15-6-4-3-5-12(15)11-20-14-9-7-13(8-10-14)16(17,18)19/h3-6,13-14,20H,2,7-11H2,1H3. The largest absolute Gasteiger partial charge is 0.494 e. The van der Waals surface area contributed by atoms with Crippen LogP contribution < -0.4 is 10.1 Å². The predicted molar refractivity (Wildman–Crippen MR) is 76.3 cm³/mol. The van der Waals surface area contributed by atoms with Crippen LogP contribution in [0.4, 0.5) is 13.2 Å². The first-order valence-electron chi connectivity index (χ1n) is 7.51. The molecule has 5 heteroatoms. The Hall–Kier alpha value is -1.23. The number of alkyl halides is 3. The van der Waals surface area contributed by atoms with Gasteiger partial charge in [-0.1, -0.05) is 18.2 Å². The molecule has 1 aromatic rings. The van der Waals surface area contributed by atoms with E-state index in [0.29, 0.717) is 26.0 Å². The zero-order valence-corrected chi connectivity index (χ0v) is 12.2. The van der Waals surface area contributed by atoms with Crippen molar-refractivity contribution in [2.24, 2.45) is 5.92 Å². The van der Waals surface area contributed by atoms with Crippen LogP contribution in [-0.2, 0) is 6.54 Å². The van der Waals surface area contributed by atoms with Gasteiger partial charge in [-0.3, -0.25) is 0 Å². The van der Waals surface area contributed by atoms with E-state index in [1.807, 2.05) is 31.2 Å². The third-order valence-electron chi connectivity index (χ3n) is 4.04. The van der Waals surface area contributed by atoms with Gasteiger partial charge in [0, 0.05) is 18.2 Å². The van der Waals surface area contributed by atoms with Crippen molar-refractivity contribution in [3.63, 3.8) is 0 Å². The van der Waals surface area contributed by atoms with Gasteiger partial charge in [-0.25, -0.2) is 0 Å². The molecule has 1 aliphatic carbocycles. The molecule has 0 bridgehead atoms. The highest BCUT2D eigenvalue weighted by Gasteiger charge is 2.41. The molecule has 2 rings (SSSR count). The molecule has 2 nitrogen and oxygen atoms in total. The molecular formula is C16H22F3NO. The van der Waals surface area contributed by atoms with Gasteiger partial charge < -0.3 is 10.1 Å². The molecule has 0 aromatic heterocycles. The molecule has 21 heavy (non-hydrogen) atoms. The maximum absolute atomic E-state index is 12.6. The zero-order valence-electron chi connectivity index (χ0n) is 12.2.